The Kier molecular flexibility index (Phi) is 2.96. The van der Waals surface area contributed by atoms with Gasteiger partial charge in [0.05, 0.1) is 16.7 Å². The molecule has 23 heavy (non-hydrogen) atoms. The van der Waals surface area contributed by atoms with Crippen LogP contribution < -0.4 is 0 Å². The van der Waals surface area contributed by atoms with Crippen LogP contribution in [0, 0.1) is 0 Å². The number of benzene rings is 2. The van der Waals surface area contributed by atoms with E-state index in [0.717, 1.165) is 24.3 Å². The molecular weight excluding hydrogens is 328 g/mol. The van der Waals surface area contributed by atoms with Crippen LogP contribution in [0.3, 0.4) is 0 Å². The molecule has 0 fully saturated rings. The molecule has 4 N–H and O–H groups in total. The van der Waals surface area contributed by atoms with Gasteiger partial charge in [-0.1, -0.05) is 0 Å². The highest BCUT2D eigenvalue weighted by atomic mass is 32.2. The third-order valence-corrected chi connectivity index (χ3v) is 4.39. The van der Waals surface area contributed by atoms with Crippen LogP contribution in [0.25, 0.3) is 0 Å². The molecular formula is C14H8O8S. The van der Waals surface area contributed by atoms with Crippen molar-refractivity contribution >= 4 is 21.7 Å². The third kappa shape index (κ3) is 1.98. The van der Waals surface area contributed by atoms with Gasteiger partial charge in [0.25, 0.3) is 10.1 Å². The molecule has 2 aromatic rings. The molecule has 0 aromatic heterocycles. The van der Waals surface area contributed by atoms with Crippen LogP contribution in [0.2, 0.25) is 0 Å². The van der Waals surface area contributed by atoms with Gasteiger partial charge in [-0.05, 0) is 24.3 Å². The van der Waals surface area contributed by atoms with E-state index in [1.54, 1.807) is 0 Å². The maximum absolute atomic E-state index is 12.5. The Bertz CT molecular complexity index is 1000. The number of ketones is 2. The highest BCUT2D eigenvalue weighted by Gasteiger charge is 2.38. The quantitative estimate of drug-likeness (QED) is 0.377. The fourth-order valence-electron chi connectivity index (χ4n) is 2.50. The fourth-order valence-corrected chi connectivity index (χ4v) is 3.09. The number of fused-ring (bicyclic) bond motifs is 2. The van der Waals surface area contributed by atoms with Crippen molar-refractivity contribution in [3.8, 4) is 17.2 Å². The Morgan fingerprint density at radius 1 is 0.739 bits per heavy atom. The number of aromatic hydroxyl groups is 3. The Balaban J connectivity index is 2.42. The lowest BCUT2D eigenvalue weighted by atomic mass is 9.82. The van der Waals surface area contributed by atoms with Crippen molar-refractivity contribution in [2.24, 2.45) is 0 Å². The van der Waals surface area contributed by atoms with Gasteiger partial charge in [0, 0.05) is 5.56 Å². The number of phenols is 3. The van der Waals surface area contributed by atoms with Crippen molar-refractivity contribution in [2.45, 2.75) is 4.90 Å². The van der Waals surface area contributed by atoms with Crippen molar-refractivity contribution < 1.29 is 37.9 Å². The molecule has 0 bridgehead atoms. The van der Waals surface area contributed by atoms with Crippen molar-refractivity contribution in [3.63, 3.8) is 0 Å². The first-order valence-corrected chi connectivity index (χ1v) is 7.56. The fraction of sp³-hybridized carbons (Fsp3) is 0. The lowest BCUT2D eigenvalue weighted by Gasteiger charge is -2.20. The Hall–Kier alpha value is -2.91. The Morgan fingerprint density at radius 3 is 1.78 bits per heavy atom. The van der Waals surface area contributed by atoms with E-state index in [0.29, 0.717) is 0 Å². The van der Waals surface area contributed by atoms with Crippen LogP contribution >= 0.6 is 0 Å². The maximum Gasteiger partial charge on any atom is 0.298 e. The lowest BCUT2D eigenvalue weighted by molar-refractivity contribution is 0.0971. The van der Waals surface area contributed by atoms with E-state index in [1.807, 2.05) is 0 Å². The van der Waals surface area contributed by atoms with Crippen molar-refractivity contribution in [1.82, 2.24) is 0 Å². The summed E-state index contributed by atoms with van der Waals surface area (Å²) in [5.41, 5.74) is -2.02. The molecule has 8 nitrogen and oxygen atoms in total. The SMILES string of the molecule is O=C1c2ccc(S(=O)(=O)O)c(O)c2C(=O)c2c(O)ccc(O)c21. The van der Waals surface area contributed by atoms with E-state index < -0.39 is 60.5 Å². The summed E-state index contributed by atoms with van der Waals surface area (Å²) in [7, 11) is -4.83. The third-order valence-electron chi connectivity index (χ3n) is 3.51. The predicted octanol–water partition coefficient (Wildman–Crippen LogP) is 0.825. The van der Waals surface area contributed by atoms with Gasteiger partial charge < -0.3 is 15.3 Å². The van der Waals surface area contributed by atoms with Crippen LogP contribution in [0.1, 0.15) is 31.8 Å². The molecule has 0 atom stereocenters. The molecule has 9 heteroatoms. The maximum atomic E-state index is 12.5. The Labute approximate surface area is 129 Å². The summed E-state index contributed by atoms with van der Waals surface area (Å²) in [6, 6.07) is 3.70. The summed E-state index contributed by atoms with van der Waals surface area (Å²) in [6.45, 7) is 0. The molecule has 0 radical (unpaired) electrons. The summed E-state index contributed by atoms with van der Waals surface area (Å²) in [5, 5.41) is 29.5. The second-order valence-corrected chi connectivity index (χ2v) is 6.21. The van der Waals surface area contributed by atoms with E-state index in [4.69, 9.17) is 4.55 Å². The van der Waals surface area contributed by atoms with Gasteiger partial charge in [-0.25, -0.2) is 0 Å². The second kappa shape index (κ2) is 4.54. The van der Waals surface area contributed by atoms with Crippen LogP contribution in [0.15, 0.2) is 29.2 Å². The molecule has 1 aliphatic carbocycles. The van der Waals surface area contributed by atoms with Crippen LogP contribution in [0.5, 0.6) is 17.2 Å². The second-order valence-electron chi connectivity index (χ2n) is 4.82. The minimum absolute atomic E-state index is 0.353. The molecule has 0 aliphatic heterocycles. The van der Waals surface area contributed by atoms with E-state index >= 15 is 0 Å². The number of carbonyl (C=O) groups is 2. The zero-order valence-electron chi connectivity index (χ0n) is 11.1. The smallest absolute Gasteiger partial charge is 0.298 e. The number of hydrogen-bond acceptors (Lipinski definition) is 7. The monoisotopic (exact) mass is 336 g/mol. The summed E-state index contributed by atoms with van der Waals surface area (Å²) in [6.07, 6.45) is 0. The first-order chi connectivity index (χ1) is 10.6. The van der Waals surface area contributed by atoms with E-state index in [1.165, 1.54) is 0 Å². The number of phenolic OH excluding ortho intramolecular Hbond substituents is 3. The highest BCUT2D eigenvalue weighted by molar-refractivity contribution is 7.86. The van der Waals surface area contributed by atoms with Gasteiger partial charge in [-0.2, -0.15) is 8.42 Å². The molecule has 0 saturated carbocycles. The van der Waals surface area contributed by atoms with Gasteiger partial charge >= 0.3 is 0 Å². The van der Waals surface area contributed by atoms with Gasteiger partial charge in [-0.3, -0.25) is 14.1 Å². The number of carbonyl (C=O) groups excluding carboxylic acids is 2. The minimum atomic E-state index is -4.83. The van der Waals surface area contributed by atoms with Crippen molar-refractivity contribution in [2.75, 3.05) is 0 Å². The van der Waals surface area contributed by atoms with Crippen LogP contribution in [-0.2, 0) is 10.1 Å². The first kappa shape index (κ1) is 15.0. The normalized spacial score (nSPS) is 13.6. The highest BCUT2D eigenvalue weighted by Crippen LogP contribution is 2.41. The summed E-state index contributed by atoms with van der Waals surface area (Å²) in [4.78, 5) is 23.9. The van der Waals surface area contributed by atoms with E-state index in [2.05, 4.69) is 0 Å². The molecule has 0 saturated heterocycles. The van der Waals surface area contributed by atoms with Gasteiger partial charge in [0.2, 0.25) is 5.78 Å². The lowest BCUT2D eigenvalue weighted by Crippen LogP contribution is -2.22. The van der Waals surface area contributed by atoms with Crippen molar-refractivity contribution in [3.05, 3.63) is 46.5 Å². The summed E-state index contributed by atoms with van der Waals surface area (Å²) in [5.74, 6) is -4.18. The topological polar surface area (TPSA) is 149 Å². The first-order valence-electron chi connectivity index (χ1n) is 6.12. The molecule has 3 rings (SSSR count). The zero-order chi connectivity index (χ0) is 17.1. The van der Waals surface area contributed by atoms with Crippen LogP contribution in [-0.4, -0.2) is 39.9 Å². The van der Waals surface area contributed by atoms with E-state index in [9.17, 15) is 33.3 Å². The largest absolute Gasteiger partial charge is 0.507 e. The average molecular weight is 336 g/mol. The van der Waals surface area contributed by atoms with Crippen molar-refractivity contribution in [1.29, 1.82) is 0 Å². The molecule has 0 unspecified atom stereocenters. The molecule has 0 heterocycles. The molecule has 0 spiro atoms. The molecule has 118 valence electrons. The predicted molar refractivity (Wildman–Crippen MR) is 74.6 cm³/mol. The molecule has 2 aromatic carbocycles. The van der Waals surface area contributed by atoms with E-state index in [-0.39, 0.29) is 5.56 Å². The van der Waals surface area contributed by atoms with Gasteiger partial charge in [0.1, 0.15) is 22.1 Å². The zero-order valence-corrected chi connectivity index (χ0v) is 12.0. The molecule has 0 amide bonds. The molecule has 1 aliphatic rings. The minimum Gasteiger partial charge on any atom is -0.507 e. The number of hydrogen-bond donors (Lipinski definition) is 4. The summed E-state index contributed by atoms with van der Waals surface area (Å²) < 4.78 is 31.5. The van der Waals surface area contributed by atoms with Gasteiger partial charge in [-0.15, -0.1) is 0 Å². The average Bonchev–Trinajstić information content (AvgIpc) is 2.45. The van der Waals surface area contributed by atoms with Gasteiger partial charge in [0.15, 0.2) is 5.78 Å². The summed E-state index contributed by atoms with van der Waals surface area (Å²) >= 11 is 0. The standard InChI is InChI=1S/C14H8O8S/c15-6-2-3-7(16)11-10(6)12(17)5-1-4-8(23(20,21)22)13(18)9(5)14(11)19/h1-4,15-16,18H,(H,20,21,22). The number of rotatable bonds is 1. The van der Waals surface area contributed by atoms with Crippen LogP contribution in [0.4, 0.5) is 0 Å². The Morgan fingerprint density at radius 2 is 1.26 bits per heavy atom.